The van der Waals surface area contributed by atoms with Crippen molar-refractivity contribution in [2.24, 2.45) is 0 Å². The second kappa shape index (κ2) is 3.66. The van der Waals surface area contributed by atoms with Gasteiger partial charge in [-0.2, -0.15) is 0 Å². The summed E-state index contributed by atoms with van der Waals surface area (Å²) in [5.74, 6) is -2.26. The number of hydrogen-bond donors (Lipinski definition) is 0. The Bertz CT molecular complexity index is 351. The Kier molecular flexibility index (Phi) is 2.62. The van der Waals surface area contributed by atoms with Gasteiger partial charge in [-0.05, 0) is 0 Å². The molecular weight excluding hydrogens is 220 g/mol. The third kappa shape index (κ3) is 2.25. The highest BCUT2D eigenvalue weighted by Crippen LogP contribution is 2.33. The fourth-order valence-electron chi connectivity index (χ4n) is 1.49. The maximum atomic E-state index is 13.0. The van der Waals surface area contributed by atoms with Crippen molar-refractivity contribution >= 4 is 16.5 Å². The van der Waals surface area contributed by atoms with Crippen LogP contribution in [0.3, 0.4) is 0 Å². The van der Waals surface area contributed by atoms with Crippen LogP contribution >= 0.6 is 11.3 Å². The van der Waals surface area contributed by atoms with Crippen LogP contribution in [-0.2, 0) is 0 Å². The topological polar surface area (TPSA) is 29.0 Å². The average molecular weight is 233 g/mol. The monoisotopic (exact) mass is 233 g/mol. The van der Waals surface area contributed by atoms with E-state index >= 15 is 0 Å². The summed E-state index contributed by atoms with van der Waals surface area (Å²) in [5, 5.41) is 9.46. The summed E-state index contributed by atoms with van der Waals surface area (Å²) in [4.78, 5) is 1.61. The van der Waals surface area contributed by atoms with Gasteiger partial charge in [0.1, 0.15) is 5.01 Å². The summed E-state index contributed by atoms with van der Waals surface area (Å²) in [7, 11) is 0. The Hall–Kier alpha value is -0.780. The first-order valence-electron chi connectivity index (χ1n) is 4.94. The SMILES string of the molecule is CC(C)c1nnc(N2CCC(F)(F)C2)s1. The Labute approximate surface area is 91.1 Å². The van der Waals surface area contributed by atoms with Gasteiger partial charge >= 0.3 is 0 Å². The second-order valence-corrected chi connectivity index (χ2v) is 5.09. The van der Waals surface area contributed by atoms with Crippen molar-refractivity contribution in [2.45, 2.75) is 32.1 Å². The number of halogens is 2. The van der Waals surface area contributed by atoms with Crippen molar-refractivity contribution in [3.05, 3.63) is 5.01 Å². The normalized spacial score (nSPS) is 20.2. The number of hydrogen-bond acceptors (Lipinski definition) is 4. The molecule has 1 fully saturated rings. The molecule has 0 spiro atoms. The van der Waals surface area contributed by atoms with E-state index in [9.17, 15) is 8.78 Å². The zero-order valence-corrected chi connectivity index (χ0v) is 9.52. The third-order valence-corrected chi connectivity index (χ3v) is 3.65. The number of nitrogens with zero attached hydrogens (tertiary/aromatic N) is 3. The van der Waals surface area contributed by atoms with Crippen LogP contribution in [0, 0.1) is 0 Å². The number of rotatable bonds is 2. The van der Waals surface area contributed by atoms with Crippen molar-refractivity contribution in [3.8, 4) is 0 Å². The Balaban J connectivity index is 2.11. The summed E-state index contributed by atoms with van der Waals surface area (Å²) >= 11 is 1.41. The predicted octanol–water partition coefficient (Wildman–Crippen LogP) is 2.51. The largest absolute Gasteiger partial charge is 0.340 e. The van der Waals surface area contributed by atoms with E-state index in [1.807, 2.05) is 13.8 Å². The maximum absolute atomic E-state index is 13.0. The van der Waals surface area contributed by atoms with Crippen LogP contribution < -0.4 is 4.90 Å². The molecule has 2 heterocycles. The van der Waals surface area contributed by atoms with Gasteiger partial charge in [-0.15, -0.1) is 10.2 Å². The van der Waals surface area contributed by atoms with Gasteiger partial charge in [-0.25, -0.2) is 8.78 Å². The van der Waals surface area contributed by atoms with Gasteiger partial charge in [-0.1, -0.05) is 25.2 Å². The summed E-state index contributed by atoms with van der Waals surface area (Å²) in [6.07, 6.45) is -0.0798. The predicted molar refractivity (Wildman–Crippen MR) is 55.8 cm³/mol. The molecule has 2 rings (SSSR count). The van der Waals surface area contributed by atoms with Crippen molar-refractivity contribution in [1.82, 2.24) is 10.2 Å². The van der Waals surface area contributed by atoms with E-state index < -0.39 is 5.92 Å². The van der Waals surface area contributed by atoms with Crippen LogP contribution in [0.25, 0.3) is 0 Å². The molecule has 0 amide bonds. The van der Waals surface area contributed by atoms with Crippen molar-refractivity contribution in [2.75, 3.05) is 18.0 Å². The first-order valence-corrected chi connectivity index (χ1v) is 5.76. The van der Waals surface area contributed by atoms with Crippen LogP contribution in [0.2, 0.25) is 0 Å². The first kappa shape index (κ1) is 10.7. The molecule has 0 unspecified atom stereocenters. The standard InChI is InChI=1S/C9H13F2N3S/c1-6(2)7-12-13-8(15-7)14-4-3-9(10,11)5-14/h6H,3-5H2,1-2H3. The highest BCUT2D eigenvalue weighted by Gasteiger charge is 2.39. The van der Waals surface area contributed by atoms with Crippen molar-refractivity contribution in [3.63, 3.8) is 0 Å². The van der Waals surface area contributed by atoms with Crippen LogP contribution in [0.4, 0.5) is 13.9 Å². The van der Waals surface area contributed by atoms with E-state index in [4.69, 9.17) is 0 Å². The smallest absolute Gasteiger partial charge is 0.267 e. The zero-order valence-electron chi connectivity index (χ0n) is 8.70. The lowest BCUT2D eigenvalue weighted by atomic mass is 10.2. The maximum Gasteiger partial charge on any atom is 0.267 e. The van der Waals surface area contributed by atoms with E-state index in [0.29, 0.717) is 17.6 Å². The second-order valence-electron chi connectivity index (χ2n) is 4.11. The van der Waals surface area contributed by atoms with Crippen molar-refractivity contribution < 1.29 is 8.78 Å². The summed E-state index contributed by atoms with van der Waals surface area (Å²) < 4.78 is 25.9. The first-order chi connectivity index (χ1) is 6.98. The molecule has 3 nitrogen and oxygen atoms in total. The van der Waals surface area contributed by atoms with Gasteiger partial charge in [0.15, 0.2) is 0 Å². The molecule has 15 heavy (non-hydrogen) atoms. The van der Waals surface area contributed by atoms with E-state index in [0.717, 1.165) is 5.01 Å². The molecule has 1 aliphatic rings. The number of anilines is 1. The molecule has 1 aromatic heterocycles. The van der Waals surface area contributed by atoms with E-state index in [2.05, 4.69) is 10.2 Å². The minimum Gasteiger partial charge on any atom is -0.340 e. The van der Waals surface area contributed by atoms with E-state index in [1.54, 1.807) is 4.90 Å². The molecule has 1 saturated heterocycles. The Morgan fingerprint density at radius 3 is 2.60 bits per heavy atom. The molecule has 0 saturated carbocycles. The molecule has 1 aliphatic heterocycles. The van der Waals surface area contributed by atoms with E-state index in [1.165, 1.54) is 11.3 Å². The lowest BCUT2D eigenvalue weighted by Crippen LogP contribution is -2.24. The van der Waals surface area contributed by atoms with Gasteiger partial charge in [0, 0.05) is 18.9 Å². The minimum atomic E-state index is -2.57. The highest BCUT2D eigenvalue weighted by molar-refractivity contribution is 7.15. The molecule has 0 N–H and O–H groups in total. The quantitative estimate of drug-likeness (QED) is 0.786. The van der Waals surface area contributed by atoms with Gasteiger partial charge in [0.05, 0.1) is 6.54 Å². The fraction of sp³-hybridized carbons (Fsp3) is 0.778. The molecule has 0 aromatic carbocycles. The van der Waals surface area contributed by atoms with Gasteiger partial charge in [-0.3, -0.25) is 0 Å². The highest BCUT2D eigenvalue weighted by atomic mass is 32.1. The van der Waals surface area contributed by atoms with Gasteiger partial charge < -0.3 is 4.90 Å². The lowest BCUT2D eigenvalue weighted by molar-refractivity contribution is 0.0257. The molecule has 0 aliphatic carbocycles. The molecule has 84 valence electrons. The van der Waals surface area contributed by atoms with Gasteiger partial charge in [0.2, 0.25) is 5.13 Å². The van der Waals surface area contributed by atoms with Crippen molar-refractivity contribution in [1.29, 1.82) is 0 Å². The Morgan fingerprint density at radius 1 is 1.40 bits per heavy atom. The molecule has 0 radical (unpaired) electrons. The molecule has 0 atom stereocenters. The summed E-state index contributed by atoms with van der Waals surface area (Å²) in [6.45, 7) is 4.19. The summed E-state index contributed by atoms with van der Waals surface area (Å²) in [5.41, 5.74) is 0. The summed E-state index contributed by atoms with van der Waals surface area (Å²) in [6, 6.07) is 0. The third-order valence-electron chi connectivity index (χ3n) is 2.36. The molecular formula is C9H13F2N3S. The minimum absolute atomic E-state index is 0.0798. The molecule has 1 aromatic rings. The van der Waals surface area contributed by atoms with Crippen LogP contribution in [0.5, 0.6) is 0 Å². The van der Waals surface area contributed by atoms with Crippen LogP contribution in [0.15, 0.2) is 0 Å². The molecule has 0 bridgehead atoms. The van der Waals surface area contributed by atoms with Gasteiger partial charge in [0.25, 0.3) is 5.92 Å². The lowest BCUT2D eigenvalue weighted by Gasteiger charge is -2.12. The number of aromatic nitrogens is 2. The number of alkyl halides is 2. The zero-order chi connectivity index (χ0) is 11.1. The molecule has 6 heteroatoms. The van der Waals surface area contributed by atoms with E-state index in [-0.39, 0.29) is 13.0 Å². The van der Waals surface area contributed by atoms with Crippen LogP contribution in [0.1, 0.15) is 31.2 Å². The average Bonchev–Trinajstić information content (AvgIpc) is 2.70. The van der Waals surface area contributed by atoms with Crippen LogP contribution in [-0.4, -0.2) is 29.2 Å². The fourth-order valence-corrected chi connectivity index (χ4v) is 2.36. The Morgan fingerprint density at radius 2 is 2.13 bits per heavy atom.